The minimum absolute atomic E-state index is 0.138. The maximum Gasteiger partial charge on any atom is 0.160 e. The number of nitrogens with one attached hydrogen (secondary N) is 2. The molecule has 0 amide bonds. The van der Waals surface area contributed by atoms with Crippen molar-refractivity contribution in [2.24, 2.45) is 0 Å². The molecular formula is C15H16F2N4O. The molecule has 1 aliphatic heterocycles. The molecule has 0 radical (unpaired) electrons. The van der Waals surface area contributed by atoms with Crippen molar-refractivity contribution in [2.45, 2.75) is 13.0 Å². The number of anilines is 2. The molecule has 0 aliphatic carbocycles. The van der Waals surface area contributed by atoms with Crippen LogP contribution in [-0.4, -0.2) is 29.7 Å². The molecule has 0 spiro atoms. The predicted octanol–water partition coefficient (Wildman–Crippen LogP) is 2.47. The van der Waals surface area contributed by atoms with E-state index in [1.807, 2.05) is 0 Å². The van der Waals surface area contributed by atoms with Gasteiger partial charge in [0, 0.05) is 30.9 Å². The quantitative estimate of drug-likeness (QED) is 0.912. The Bertz CT molecular complexity index is 675. The number of ether oxygens (including phenoxy) is 1. The van der Waals surface area contributed by atoms with Crippen LogP contribution in [0, 0.1) is 18.6 Å². The summed E-state index contributed by atoms with van der Waals surface area (Å²) >= 11 is 0. The monoisotopic (exact) mass is 306 g/mol. The van der Waals surface area contributed by atoms with E-state index in [4.69, 9.17) is 4.74 Å². The van der Waals surface area contributed by atoms with Crippen LogP contribution in [0.5, 0.6) is 0 Å². The molecule has 7 heteroatoms. The predicted molar refractivity (Wildman–Crippen MR) is 78.0 cm³/mol. The first kappa shape index (κ1) is 14.8. The number of nitrogens with zero attached hydrogens (tertiary/aromatic N) is 2. The third-order valence-electron chi connectivity index (χ3n) is 3.31. The highest BCUT2D eigenvalue weighted by atomic mass is 19.2. The van der Waals surface area contributed by atoms with E-state index in [1.54, 1.807) is 13.0 Å². The second-order valence-corrected chi connectivity index (χ2v) is 5.04. The zero-order valence-electron chi connectivity index (χ0n) is 12.1. The molecule has 22 heavy (non-hydrogen) atoms. The topological polar surface area (TPSA) is 59.1 Å². The lowest BCUT2D eigenvalue weighted by Crippen LogP contribution is -2.33. The number of morpholine rings is 1. The van der Waals surface area contributed by atoms with Crippen molar-refractivity contribution in [3.05, 3.63) is 47.4 Å². The summed E-state index contributed by atoms with van der Waals surface area (Å²) < 4.78 is 31.9. The molecule has 0 unspecified atom stereocenters. The Kier molecular flexibility index (Phi) is 4.26. The number of halogens is 2. The molecule has 1 fully saturated rings. The number of hydrogen-bond donors (Lipinski definition) is 2. The van der Waals surface area contributed by atoms with Gasteiger partial charge in [0.05, 0.1) is 12.3 Å². The lowest BCUT2D eigenvalue weighted by atomic mass is 10.2. The van der Waals surface area contributed by atoms with Gasteiger partial charge in [-0.3, -0.25) is 0 Å². The van der Waals surface area contributed by atoms with E-state index >= 15 is 0 Å². The standard InChI is InChI=1S/C15H16F2N4O/c1-9-19-13(14-8-18-4-5-22-14)7-15(20-9)21-10-2-3-11(16)12(17)6-10/h2-3,6-7,14,18H,4-5,8H2,1H3,(H,19,20,21)/t14-/m1/s1. The van der Waals surface area contributed by atoms with E-state index in [1.165, 1.54) is 6.07 Å². The van der Waals surface area contributed by atoms with Gasteiger partial charge in [-0.25, -0.2) is 18.7 Å². The summed E-state index contributed by atoms with van der Waals surface area (Å²) in [5, 5.41) is 6.20. The van der Waals surface area contributed by atoms with Gasteiger partial charge in [0.2, 0.25) is 0 Å². The van der Waals surface area contributed by atoms with Crippen molar-refractivity contribution < 1.29 is 13.5 Å². The molecule has 2 N–H and O–H groups in total. The molecule has 116 valence electrons. The maximum atomic E-state index is 13.3. The highest BCUT2D eigenvalue weighted by molar-refractivity contribution is 5.56. The maximum absolute atomic E-state index is 13.3. The van der Waals surface area contributed by atoms with Gasteiger partial charge >= 0.3 is 0 Å². The van der Waals surface area contributed by atoms with E-state index in [2.05, 4.69) is 20.6 Å². The fourth-order valence-electron chi connectivity index (χ4n) is 2.30. The van der Waals surface area contributed by atoms with Crippen molar-refractivity contribution >= 4 is 11.5 Å². The van der Waals surface area contributed by atoms with Gasteiger partial charge < -0.3 is 15.4 Å². The molecule has 1 aromatic heterocycles. The Balaban J connectivity index is 1.83. The van der Waals surface area contributed by atoms with Gasteiger partial charge in [-0.1, -0.05) is 0 Å². The molecule has 2 heterocycles. The minimum Gasteiger partial charge on any atom is -0.369 e. The molecule has 0 saturated carbocycles. The highest BCUT2D eigenvalue weighted by Gasteiger charge is 2.18. The number of aryl methyl sites for hydroxylation is 1. The zero-order chi connectivity index (χ0) is 15.5. The number of aromatic nitrogens is 2. The molecule has 1 aromatic carbocycles. The zero-order valence-corrected chi connectivity index (χ0v) is 12.1. The van der Waals surface area contributed by atoms with Crippen LogP contribution in [-0.2, 0) is 4.74 Å². The van der Waals surface area contributed by atoms with Crippen LogP contribution in [0.3, 0.4) is 0 Å². The lowest BCUT2D eigenvalue weighted by molar-refractivity contribution is 0.0249. The summed E-state index contributed by atoms with van der Waals surface area (Å²) in [4.78, 5) is 8.64. The molecule has 1 aliphatic rings. The minimum atomic E-state index is -0.907. The smallest absolute Gasteiger partial charge is 0.160 e. The summed E-state index contributed by atoms with van der Waals surface area (Å²) in [7, 11) is 0. The number of hydrogen-bond acceptors (Lipinski definition) is 5. The third kappa shape index (κ3) is 3.37. The van der Waals surface area contributed by atoms with Gasteiger partial charge in [-0.2, -0.15) is 0 Å². The van der Waals surface area contributed by atoms with Crippen molar-refractivity contribution in [3.63, 3.8) is 0 Å². The number of benzene rings is 1. The van der Waals surface area contributed by atoms with Crippen LogP contribution < -0.4 is 10.6 Å². The molecule has 3 rings (SSSR count). The third-order valence-corrected chi connectivity index (χ3v) is 3.31. The van der Waals surface area contributed by atoms with E-state index in [0.717, 1.165) is 24.4 Å². The first-order valence-corrected chi connectivity index (χ1v) is 7.02. The first-order valence-electron chi connectivity index (χ1n) is 7.02. The second-order valence-electron chi connectivity index (χ2n) is 5.04. The largest absolute Gasteiger partial charge is 0.369 e. The van der Waals surface area contributed by atoms with Crippen molar-refractivity contribution in [3.8, 4) is 0 Å². The second kappa shape index (κ2) is 6.33. The van der Waals surface area contributed by atoms with Gasteiger partial charge in [0.15, 0.2) is 11.6 Å². The van der Waals surface area contributed by atoms with Crippen molar-refractivity contribution in [1.82, 2.24) is 15.3 Å². The normalized spacial score (nSPS) is 18.2. The van der Waals surface area contributed by atoms with Gasteiger partial charge in [-0.15, -0.1) is 0 Å². The average Bonchev–Trinajstić information content (AvgIpc) is 2.51. The molecule has 5 nitrogen and oxygen atoms in total. The summed E-state index contributed by atoms with van der Waals surface area (Å²) in [6.45, 7) is 3.90. The van der Waals surface area contributed by atoms with E-state index < -0.39 is 11.6 Å². The summed E-state index contributed by atoms with van der Waals surface area (Å²) in [6.07, 6.45) is -0.138. The summed E-state index contributed by atoms with van der Waals surface area (Å²) in [5.41, 5.74) is 1.18. The molecule has 2 aromatic rings. The Morgan fingerprint density at radius 1 is 1.23 bits per heavy atom. The van der Waals surface area contributed by atoms with Crippen LogP contribution in [0.25, 0.3) is 0 Å². The van der Waals surface area contributed by atoms with Crippen molar-refractivity contribution in [1.29, 1.82) is 0 Å². The Morgan fingerprint density at radius 3 is 2.82 bits per heavy atom. The van der Waals surface area contributed by atoms with Gasteiger partial charge in [0.25, 0.3) is 0 Å². The van der Waals surface area contributed by atoms with Crippen LogP contribution in [0.1, 0.15) is 17.6 Å². The van der Waals surface area contributed by atoms with Crippen LogP contribution in [0.4, 0.5) is 20.3 Å². The molecular weight excluding hydrogens is 290 g/mol. The SMILES string of the molecule is Cc1nc(Nc2ccc(F)c(F)c2)cc([C@H]2CNCCO2)n1. The van der Waals surface area contributed by atoms with E-state index in [-0.39, 0.29) is 6.10 Å². The Hall–Kier alpha value is -2.12. The van der Waals surface area contributed by atoms with E-state index in [0.29, 0.717) is 30.5 Å². The highest BCUT2D eigenvalue weighted by Crippen LogP contribution is 2.22. The van der Waals surface area contributed by atoms with Crippen LogP contribution in [0.2, 0.25) is 0 Å². The van der Waals surface area contributed by atoms with Crippen molar-refractivity contribution in [2.75, 3.05) is 25.0 Å². The fraction of sp³-hybridized carbons (Fsp3) is 0.333. The molecule has 1 saturated heterocycles. The fourth-order valence-corrected chi connectivity index (χ4v) is 2.30. The molecule has 0 bridgehead atoms. The first-order chi connectivity index (χ1) is 10.6. The summed E-state index contributed by atoms with van der Waals surface area (Å²) in [5.74, 6) is -0.693. The summed E-state index contributed by atoms with van der Waals surface area (Å²) in [6, 6.07) is 5.37. The van der Waals surface area contributed by atoms with Crippen LogP contribution in [0.15, 0.2) is 24.3 Å². The Morgan fingerprint density at radius 2 is 2.09 bits per heavy atom. The molecule has 1 atom stereocenters. The van der Waals surface area contributed by atoms with Gasteiger partial charge in [-0.05, 0) is 19.1 Å². The lowest BCUT2D eigenvalue weighted by Gasteiger charge is -2.23. The van der Waals surface area contributed by atoms with E-state index in [9.17, 15) is 8.78 Å². The van der Waals surface area contributed by atoms with Crippen LogP contribution >= 0.6 is 0 Å². The average molecular weight is 306 g/mol. The number of rotatable bonds is 3. The Labute approximate surface area is 126 Å². The van der Waals surface area contributed by atoms with Gasteiger partial charge in [0.1, 0.15) is 17.7 Å².